The van der Waals surface area contributed by atoms with Crippen LogP contribution in [-0.4, -0.2) is 25.2 Å². The highest BCUT2D eigenvalue weighted by molar-refractivity contribution is 7.09. The van der Waals surface area contributed by atoms with Crippen LogP contribution >= 0.6 is 11.5 Å². The maximum absolute atomic E-state index is 11.4. The maximum Gasteiger partial charge on any atom is 0.277 e. The third kappa shape index (κ3) is 1.88. The van der Waals surface area contributed by atoms with Crippen LogP contribution in [0.2, 0.25) is 0 Å². The van der Waals surface area contributed by atoms with Gasteiger partial charge in [0.1, 0.15) is 12.0 Å². The van der Waals surface area contributed by atoms with Crippen molar-refractivity contribution in [3.63, 3.8) is 0 Å². The van der Waals surface area contributed by atoms with Gasteiger partial charge in [-0.05, 0) is 0 Å². The Morgan fingerprint density at radius 3 is 2.93 bits per heavy atom. The van der Waals surface area contributed by atoms with E-state index in [-0.39, 0.29) is 11.6 Å². The van der Waals surface area contributed by atoms with Crippen molar-refractivity contribution in [2.45, 2.75) is 0 Å². The normalized spacial score (nSPS) is 9.71. The first-order valence-corrected chi connectivity index (χ1v) is 4.47. The first-order chi connectivity index (χ1) is 6.86. The van der Waals surface area contributed by atoms with Crippen LogP contribution in [0.4, 0.5) is 5.13 Å². The number of rotatable bonds is 2. The Morgan fingerprint density at radius 1 is 1.36 bits per heavy atom. The van der Waals surface area contributed by atoms with Crippen molar-refractivity contribution in [3.05, 3.63) is 30.6 Å². The molecule has 14 heavy (non-hydrogen) atoms. The van der Waals surface area contributed by atoms with Gasteiger partial charge >= 0.3 is 0 Å². The number of nitrogens with zero attached hydrogens (tertiary/aromatic N) is 4. The summed E-state index contributed by atoms with van der Waals surface area (Å²) in [7, 11) is 0. The van der Waals surface area contributed by atoms with E-state index in [1.54, 1.807) is 0 Å². The van der Waals surface area contributed by atoms with Crippen LogP contribution < -0.4 is 5.32 Å². The van der Waals surface area contributed by atoms with Gasteiger partial charge in [-0.3, -0.25) is 15.1 Å². The average Bonchev–Trinajstić information content (AvgIpc) is 2.72. The van der Waals surface area contributed by atoms with Crippen LogP contribution in [0.5, 0.6) is 0 Å². The van der Waals surface area contributed by atoms with Crippen molar-refractivity contribution in [2.24, 2.45) is 0 Å². The van der Waals surface area contributed by atoms with Crippen molar-refractivity contribution in [1.29, 1.82) is 0 Å². The Hall–Kier alpha value is -1.89. The third-order valence-corrected chi connectivity index (χ3v) is 1.96. The summed E-state index contributed by atoms with van der Waals surface area (Å²) < 4.78 is 3.75. The van der Waals surface area contributed by atoms with Crippen molar-refractivity contribution >= 4 is 22.6 Å². The van der Waals surface area contributed by atoms with Crippen LogP contribution in [0.15, 0.2) is 24.9 Å². The van der Waals surface area contributed by atoms with E-state index in [9.17, 15) is 4.79 Å². The van der Waals surface area contributed by atoms with Gasteiger partial charge in [0.15, 0.2) is 0 Å². The van der Waals surface area contributed by atoms with Crippen molar-refractivity contribution in [3.8, 4) is 0 Å². The zero-order valence-electron chi connectivity index (χ0n) is 6.91. The molecular formula is C7H5N5OS. The smallest absolute Gasteiger partial charge is 0.277 e. The number of nitrogens with one attached hydrogen (secondary N) is 1. The average molecular weight is 207 g/mol. The molecule has 0 unspecified atom stereocenters. The first-order valence-electron chi connectivity index (χ1n) is 3.70. The molecule has 0 aliphatic rings. The second-order valence-corrected chi connectivity index (χ2v) is 3.07. The lowest BCUT2D eigenvalue weighted by Gasteiger charge is -1.97. The number of carbonyl (C=O) groups excluding carboxylic acids is 1. The largest absolute Gasteiger partial charge is 0.295 e. The Balaban J connectivity index is 2.11. The van der Waals surface area contributed by atoms with Crippen molar-refractivity contribution < 1.29 is 4.79 Å². The van der Waals surface area contributed by atoms with Crippen LogP contribution in [0.25, 0.3) is 0 Å². The van der Waals surface area contributed by atoms with E-state index >= 15 is 0 Å². The van der Waals surface area contributed by atoms with E-state index in [4.69, 9.17) is 0 Å². The Labute approximate surface area is 83.2 Å². The van der Waals surface area contributed by atoms with Crippen LogP contribution in [0.1, 0.15) is 10.5 Å². The van der Waals surface area contributed by atoms with Gasteiger partial charge in [0.25, 0.3) is 5.91 Å². The number of amides is 1. The molecule has 0 aromatic carbocycles. The van der Waals surface area contributed by atoms with Gasteiger partial charge < -0.3 is 0 Å². The molecule has 2 aromatic heterocycles. The second-order valence-electron chi connectivity index (χ2n) is 2.29. The van der Waals surface area contributed by atoms with Gasteiger partial charge in [0, 0.05) is 23.9 Å². The van der Waals surface area contributed by atoms with Crippen molar-refractivity contribution in [1.82, 2.24) is 19.3 Å². The predicted octanol–water partition coefficient (Wildman–Crippen LogP) is 0.580. The summed E-state index contributed by atoms with van der Waals surface area (Å²) in [5, 5.41) is 2.99. The van der Waals surface area contributed by atoms with E-state index in [1.807, 2.05) is 0 Å². The number of anilines is 1. The van der Waals surface area contributed by atoms with Crippen LogP contribution in [0, 0.1) is 0 Å². The summed E-state index contributed by atoms with van der Waals surface area (Å²) in [5.41, 5.74) is 0.253. The lowest BCUT2D eigenvalue weighted by Crippen LogP contribution is -2.13. The standard InChI is InChI=1S/C7H5N5OS/c13-6(5-3-8-1-2-9-5)12-7-10-4-11-14-7/h1-4H,(H,10,11,12,13). The minimum Gasteiger partial charge on any atom is -0.295 e. The maximum atomic E-state index is 11.4. The lowest BCUT2D eigenvalue weighted by molar-refractivity contribution is 0.102. The molecule has 0 fully saturated rings. The summed E-state index contributed by atoms with van der Waals surface area (Å²) in [4.78, 5) is 22.9. The van der Waals surface area contributed by atoms with Gasteiger partial charge in [0.2, 0.25) is 5.13 Å². The lowest BCUT2D eigenvalue weighted by atomic mass is 10.4. The summed E-state index contributed by atoms with van der Waals surface area (Å²) >= 11 is 1.10. The Kier molecular flexibility index (Phi) is 2.41. The summed E-state index contributed by atoms with van der Waals surface area (Å²) in [6, 6.07) is 0. The summed E-state index contributed by atoms with van der Waals surface area (Å²) in [5.74, 6) is -0.338. The zero-order chi connectivity index (χ0) is 9.80. The molecule has 70 valence electrons. The fraction of sp³-hybridized carbons (Fsp3) is 0. The van der Waals surface area contributed by atoms with Gasteiger partial charge in [0.05, 0.1) is 6.20 Å². The molecule has 6 nitrogen and oxygen atoms in total. The van der Waals surface area contributed by atoms with E-state index in [0.717, 1.165) is 11.5 Å². The molecule has 2 aromatic rings. The molecule has 0 saturated carbocycles. The quantitative estimate of drug-likeness (QED) is 0.779. The molecule has 0 saturated heterocycles. The zero-order valence-corrected chi connectivity index (χ0v) is 7.73. The summed E-state index contributed by atoms with van der Waals surface area (Å²) in [6.45, 7) is 0. The molecule has 1 N–H and O–H groups in total. The SMILES string of the molecule is O=C(Nc1ncns1)c1cnccn1. The minimum absolute atomic E-state index is 0.253. The van der Waals surface area contributed by atoms with Crippen LogP contribution in [0.3, 0.4) is 0 Å². The number of carbonyl (C=O) groups is 1. The fourth-order valence-corrected chi connectivity index (χ4v) is 1.23. The third-order valence-electron chi connectivity index (χ3n) is 1.38. The van der Waals surface area contributed by atoms with Gasteiger partial charge in [-0.1, -0.05) is 0 Å². The Morgan fingerprint density at radius 2 is 2.29 bits per heavy atom. The fourth-order valence-electron chi connectivity index (χ4n) is 0.806. The molecule has 0 atom stereocenters. The molecule has 2 rings (SSSR count). The molecular weight excluding hydrogens is 202 g/mol. The van der Waals surface area contributed by atoms with E-state index < -0.39 is 0 Å². The highest BCUT2D eigenvalue weighted by Crippen LogP contribution is 2.07. The highest BCUT2D eigenvalue weighted by atomic mass is 32.1. The first kappa shape index (κ1) is 8.70. The van der Waals surface area contributed by atoms with Gasteiger partial charge in [-0.25, -0.2) is 9.97 Å². The molecule has 2 heterocycles. The number of aromatic nitrogens is 4. The molecule has 1 amide bonds. The van der Waals surface area contributed by atoms with E-state index in [2.05, 4.69) is 24.6 Å². The number of hydrogen-bond acceptors (Lipinski definition) is 6. The molecule has 7 heteroatoms. The molecule has 0 aliphatic carbocycles. The summed E-state index contributed by atoms with van der Waals surface area (Å²) in [6.07, 6.45) is 5.71. The van der Waals surface area contributed by atoms with Crippen molar-refractivity contribution in [2.75, 3.05) is 5.32 Å². The molecule has 0 spiro atoms. The Bertz CT molecular complexity index is 415. The van der Waals surface area contributed by atoms with Crippen LogP contribution in [-0.2, 0) is 0 Å². The second kappa shape index (κ2) is 3.88. The molecule has 0 bridgehead atoms. The van der Waals surface area contributed by atoms with Gasteiger partial charge in [-0.15, -0.1) is 0 Å². The predicted molar refractivity (Wildman–Crippen MR) is 49.9 cm³/mol. The minimum atomic E-state index is -0.338. The molecule has 0 aliphatic heterocycles. The highest BCUT2D eigenvalue weighted by Gasteiger charge is 2.08. The van der Waals surface area contributed by atoms with E-state index in [0.29, 0.717) is 5.13 Å². The topological polar surface area (TPSA) is 80.7 Å². The van der Waals surface area contributed by atoms with Gasteiger partial charge in [-0.2, -0.15) is 4.37 Å². The van der Waals surface area contributed by atoms with E-state index in [1.165, 1.54) is 24.9 Å². The monoisotopic (exact) mass is 207 g/mol. The number of hydrogen-bond donors (Lipinski definition) is 1. The molecule has 0 radical (unpaired) electrons.